The quantitative estimate of drug-likeness (QED) is 0.583. The highest BCUT2D eigenvalue weighted by Gasteiger charge is 2.27. The van der Waals surface area contributed by atoms with Gasteiger partial charge in [-0.25, -0.2) is 4.79 Å². The van der Waals surface area contributed by atoms with Crippen LogP contribution in [-0.2, 0) is 0 Å². The van der Waals surface area contributed by atoms with E-state index < -0.39 is 5.97 Å². The predicted octanol–water partition coefficient (Wildman–Crippen LogP) is 5.51. The molecule has 0 aliphatic heterocycles. The lowest BCUT2D eigenvalue weighted by molar-refractivity contribution is 0.0693. The van der Waals surface area contributed by atoms with Gasteiger partial charge in [0.05, 0.1) is 5.56 Å². The van der Waals surface area contributed by atoms with Gasteiger partial charge in [-0.1, -0.05) is 59.3 Å². The normalized spacial score (nSPS) is 14.6. The van der Waals surface area contributed by atoms with Crippen molar-refractivity contribution in [3.05, 3.63) is 93.0 Å². The molecule has 0 saturated heterocycles. The molecule has 4 heteroatoms. The molecule has 26 heavy (non-hydrogen) atoms. The molecule has 1 unspecified atom stereocenters. The third kappa shape index (κ3) is 2.58. The molecular formula is C22H15BrO3. The minimum atomic E-state index is -1.10. The molecule has 0 amide bonds. The largest absolute Gasteiger partial charge is 0.478 e. The number of hydrogen-bond donors (Lipinski definition) is 1. The molecule has 3 aromatic rings. The number of rotatable bonds is 3. The molecule has 0 heterocycles. The number of ketones is 1. The van der Waals surface area contributed by atoms with Crippen LogP contribution < -0.4 is 0 Å². The number of benzene rings is 3. The van der Waals surface area contributed by atoms with E-state index in [4.69, 9.17) is 0 Å². The molecule has 0 bridgehead atoms. The summed E-state index contributed by atoms with van der Waals surface area (Å²) in [7, 11) is 0. The fourth-order valence-corrected chi connectivity index (χ4v) is 4.01. The highest BCUT2D eigenvalue weighted by Crippen LogP contribution is 2.45. The van der Waals surface area contributed by atoms with Gasteiger partial charge < -0.3 is 5.11 Å². The van der Waals surface area contributed by atoms with Gasteiger partial charge >= 0.3 is 5.97 Å². The molecule has 0 saturated carbocycles. The number of fused-ring (bicyclic) bond motifs is 3. The van der Waals surface area contributed by atoms with E-state index in [9.17, 15) is 14.7 Å². The van der Waals surface area contributed by atoms with Crippen LogP contribution in [0.1, 0.15) is 50.2 Å². The fraction of sp³-hybridized carbons (Fsp3) is 0.0909. The first-order valence-corrected chi connectivity index (χ1v) is 9.07. The Morgan fingerprint density at radius 1 is 0.885 bits per heavy atom. The number of halogens is 1. The van der Waals surface area contributed by atoms with Crippen LogP contribution in [0, 0.1) is 0 Å². The van der Waals surface area contributed by atoms with Crippen LogP contribution in [0.4, 0.5) is 0 Å². The standard InChI is InChI=1S/C22H15BrO3/c1-12-19-10-13(21(24)17-4-2-3-5-18(17)22(25)26)6-8-15(19)16-9-7-14(23)11-20(12)16/h2-12H,1H3,(H,25,26). The molecule has 1 aliphatic carbocycles. The molecule has 128 valence electrons. The first-order chi connectivity index (χ1) is 12.5. The maximum atomic E-state index is 12.9. The van der Waals surface area contributed by atoms with Crippen molar-refractivity contribution in [2.75, 3.05) is 0 Å². The highest BCUT2D eigenvalue weighted by atomic mass is 79.9. The molecular weight excluding hydrogens is 392 g/mol. The van der Waals surface area contributed by atoms with Crippen molar-refractivity contribution < 1.29 is 14.7 Å². The molecule has 3 nitrogen and oxygen atoms in total. The molecule has 0 radical (unpaired) electrons. The van der Waals surface area contributed by atoms with Gasteiger partial charge in [0.25, 0.3) is 0 Å². The van der Waals surface area contributed by atoms with E-state index in [1.807, 2.05) is 18.2 Å². The van der Waals surface area contributed by atoms with E-state index in [1.165, 1.54) is 17.2 Å². The second-order valence-corrected chi connectivity index (χ2v) is 7.35. The van der Waals surface area contributed by atoms with Gasteiger partial charge in [0.1, 0.15) is 0 Å². The van der Waals surface area contributed by atoms with Crippen molar-refractivity contribution in [1.82, 2.24) is 0 Å². The van der Waals surface area contributed by atoms with Crippen LogP contribution in [0.5, 0.6) is 0 Å². The van der Waals surface area contributed by atoms with Gasteiger partial charge in [-0.3, -0.25) is 4.79 Å². The molecule has 0 spiro atoms. The summed E-state index contributed by atoms with van der Waals surface area (Å²) in [6, 6.07) is 18.2. The van der Waals surface area contributed by atoms with Crippen molar-refractivity contribution in [2.24, 2.45) is 0 Å². The van der Waals surface area contributed by atoms with Gasteiger partial charge in [0.15, 0.2) is 5.78 Å². The van der Waals surface area contributed by atoms with E-state index in [0.717, 1.165) is 15.6 Å². The van der Waals surface area contributed by atoms with Crippen molar-refractivity contribution >= 4 is 27.7 Å². The smallest absolute Gasteiger partial charge is 0.336 e. The maximum Gasteiger partial charge on any atom is 0.336 e. The zero-order chi connectivity index (χ0) is 18.4. The second-order valence-electron chi connectivity index (χ2n) is 6.44. The molecule has 3 aromatic carbocycles. The van der Waals surface area contributed by atoms with Crippen LogP contribution in [-0.4, -0.2) is 16.9 Å². The molecule has 0 fully saturated rings. The number of carbonyl (C=O) groups excluding carboxylic acids is 1. The van der Waals surface area contributed by atoms with E-state index in [1.54, 1.807) is 24.3 Å². The van der Waals surface area contributed by atoms with Gasteiger partial charge in [0, 0.05) is 21.5 Å². The second kappa shape index (κ2) is 6.22. The summed E-state index contributed by atoms with van der Waals surface area (Å²) in [5.74, 6) is -1.18. The minimum absolute atomic E-state index is 0.0262. The topological polar surface area (TPSA) is 54.4 Å². The van der Waals surface area contributed by atoms with Crippen molar-refractivity contribution in [1.29, 1.82) is 0 Å². The van der Waals surface area contributed by atoms with E-state index in [-0.39, 0.29) is 22.8 Å². The number of aromatic carboxylic acids is 1. The summed E-state index contributed by atoms with van der Waals surface area (Å²) in [5.41, 5.74) is 5.38. The van der Waals surface area contributed by atoms with Crippen LogP contribution in [0.2, 0.25) is 0 Å². The Morgan fingerprint density at radius 2 is 1.50 bits per heavy atom. The van der Waals surface area contributed by atoms with E-state index in [0.29, 0.717) is 5.56 Å². The van der Waals surface area contributed by atoms with Crippen LogP contribution in [0.15, 0.2) is 65.1 Å². The monoisotopic (exact) mass is 406 g/mol. The van der Waals surface area contributed by atoms with Crippen LogP contribution in [0.3, 0.4) is 0 Å². The van der Waals surface area contributed by atoms with Crippen molar-refractivity contribution in [3.8, 4) is 11.1 Å². The van der Waals surface area contributed by atoms with Crippen LogP contribution >= 0.6 is 15.9 Å². The highest BCUT2D eigenvalue weighted by molar-refractivity contribution is 9.10. The molecule has 1 N–H and O–H groups in total. The molecule has 0 aromatic heterocycles. The molecule has 1 atom stereocenters. The van der Waals surface area contributed by atoms with Crippen molar-refractivity contribution in [2.45, 2.75) is 12.8 Å². The summed E-state index contributed by atoms with van der Waals surface area (Å²) < 4.78 is 1.03. The summed E-state index contributed by atoms with van der Waals surface area (Å²) in [5, 5.41) is 9.35. The Bertz CT molecular complexity index is 1070. The van der Waals surface area contributed by atoms with Gasteiger partial charge in [-0.15, -0.1) is 0 Å². The maximum absolute atomic E-state index is 12.9. The average Bonchev–Trinajstić information content (AvgIpc) is 2.92. The zero-order valence-corrected chi connectivity index (χ0v) is 15.6. The lowest BCUT2D eigenvalue weighted by atomic mass is 9.93. The van der Waals surface area contributed by atoms with Gasteiger partial charge in [0.2, 0.25) is 0 Å². The number of hydrogen-bond acceptors (Lipinski definition) is 2. The average molecular weight is 407 g/mol. The number of carboxylic acids is 1. The first-order valence-electron chi connectivity index (χ1n) is 8.28. The number of carbonyl (C=O) groups is 2. The summed E-state index contributed by atoms with van der Waals surface area (Å²) in [4.78, 5) is 24.4. The Labute approximate surface area is 159 Å². The summed E-state index contributed by atoms with van der Waals surface area (Å²) >= 11 is 3.52. The van der Waals surface area contributed by atoms with E-state index in [2.05, 4.69) is 35.0 Å². The van der Waals surface area contributed by atoms with Gasteiger partial charge in [-0.05, 0) is 46.5 Å². The summed E-state index contributed by atoms with van der Waals surface area (Å²) in [6.45, 7) is 2.12. The molecule has 1 aliphatic rings. The molecule has 4 rings (SSSR count). The van der Waals surface area contributed by atoms with E-state index >= 15 is 0 Å². The first kappa shape index (κ1) is 16.7. The third-order valence-corrected chi connectivity index (χ3v) is 5.45. The SMILES string of the molecule is CC1c2cc(Br)ccc2-c2ccc(C(=O)c3ccccc3C(=O)O)cc21. The number of carboxylic acid groups (broad SMARTS) is 1. The minimum Gasteiger partial charge on any atom is -0.478 e. The Balaban J connectivity index is 1.80. The van der Waals surface area contributed by atoms with Crippen molar-refractivity contribution in [3.63, 3.8) is 0 Å². The zero-order valence-electron chi connectivity index (χ0n) is 14.0. The third-order valence-electron chi connectivity index (χ3n) is 4.95. The lowest BCUT2D eigenvalue weighted by Gasteiger charge is -2.10. The predicted molar refractivity (Wildman–Crippen MR) is 104 cm³/mol. The lowest BCUT2D eigenvalue weighted by Crippen LogP contribution is -2.10. The van der Waals surface area contributed by atoms with Gasteiger partial charge in [-0.2, -0.15) is 0 Å². The Kier molecular flexibility index (Phi) is 4.00. The van der Waals surface area contributed by atoms with Crippen LogP contribution in [0.25, 0.3) is 11.1 Å². The Hall–Kier alpha value is -2.72. The summed E-state index contributed by atoms with van der Waals surface area (Å²) in [6.07, 6.45) is 0. The fourth-order valence-electron chi connectivity index (χ4n) is 3.64. The Morgan fingerprint density at radius 3 is 2.19 bits per heavy atom.